The van der Waals surface area contributed by atoms with Crippen LogP contribution in [-0.4, -0.2) is 29.6 Å². The van der Waals surface area contributed by atoms with Crippen LogP contribution in [0.5, 0.6) is 0 Å². The molecule has 2 aromatic carbocycles. The van der Waals surface area contributed by atoms with Gasteiger partial charge in [-0.25, -0.2) is 9.98 Å². The lowest BCUT2D eigenvalue weighted by Gasteiger charge is -2.11. The van der Waals surface area contributed by atoms with Gasteiger partial charge in [0, 0.05) is 12.6 Å². The second-order valence-corrected chi connectivity index (χ2v) is 6.37. The van der Waals surface area contributed by atoms with Crippen molar-refractivity contribution < 1.29 is 4.79 Å². The molecule has 6 heteroatoms. The average Bonchev–Trinajstić information content (AvgIpc) is 3.17. The van der Waals surface area contributed by atoms with Crippen LogP contribution < -0.4 is 11.5 Å². The summed E-state index contributed by atoms with van der Waals surface area (Å²) in [6.07, 6.45) is 1.66. The van der Waals surface area contributed by atoms with E-state index in [1.54, 1.807) is 11.9 Å². The van der Waals surface area contributed by atoms with Crippen molar-refractivity contribution in [2.75, 3.05) is 7.05 Å². The van der Waals surface area contributed by atoms with Crippen LogP contribution in [0.25, 0.3) is 5.57 Å². The number of aryl methyl sites for hydroxylation is 1. The summed E-state index contributed by atoms with van der Waals surface area (Å²) in [6, 6.07) is 15.5. The highest BCUT2D eigenvalue weighted by molar-refractivity contribution is 6.20. The first-order valence-corrected chi connectivity index (χ1v) is 8.43. The molecular formula is C20H19N5O. The quantitative estimate of drug-likeness (QED) is 0.496. The molecule has 0 aromatic heterocycles. The summed E-state index contributed by atoms with van der Waals surface area (Å²) < 4.78 is 0. The van der Waals surface area contributed by atoms with E-state index in [1.807, 2.05) is 48.5 Å². The van der Waals surface area contributed by atoms with Gasteiger partial charge >= 0.3 is 0 Å². The number of carbonyl (C=O) groups excluding carboxylic acids is 1. The molecule has 2 aromatic rings. The number of allylic oxidation sites excluding steroid dienone is 1. The minimum absolute atomic E-state index is 0.0122. The fraction of sp³-hybridized carbons (Fsp3) is 0.150. The molecule has 2 aliphatic rings. The van der Waals surface area contributed by atoms with Gasteiger partial charge in [-0.3, -0.25) is 9.69 Å². The van der Waals surface area contributed by atoms with E-state index in [9.17, 15) is 4.79 Å². The number of amides is 1. The minimum Gasteiger partial charge on any atom is -0.370 e. The fourth-order valence-electron chi connectivity index (χ4n) is 3.45. The van der Waals surface area contributed by atoms with Crippen molar-refractivity contribution in [3.05, 3.63) is 70.9 Å². The third-order valence-electron chi connectivity index (χ3n) is 4.68. The zero-order valence-electron chi connectivity index (χ0n) is 14.4. The first kappa shape index (κ1) is 16.1. The fourth-order valence-corrected chi connectivity index (χ4v) is 3.45. The van der Waals surface area contributed by atoms with Crippen LogP contribution in [0, 0.1) is 0 Å². The zero-order chi connectivity index (χ0) is 18.3. The summed E-state index contributed by atoms with van der Waals surface area (Å²) in [5.74, 6) is 0.601. The number of hydrogen-bond acceptors (Lipinski definition) is 3. The Morgan fingerprint density at radius 3 is 2.62 bits per heavy atom. The Balaban J connectivity index is 1.83. The molecule has 26 heavy (non-hydrogen) atoms. The number of nitrogens with zero attached hydrogens (tertiary/aromatic N) is 3. The third kappa shape index (κ3) is 2.65. The van der Waals surface area contributed by atoms with E-state index in [2.05, 4.69) is 9.98 Å². The van der Waals surface area contributed by atoms with Gasteiger partial charge in [-0.05, 0) is 41.7 Å². The molecule has 0 fully saturated rings. The van der Waals surface area contributed by atoms with Crippen molar-refractivity contribution in [2.24, 2.45) is 21.5 Å². The van der Waals surface area contributed by atoms with Crippen LogP contribution in [0.1, 0.15) is 23.1 Å². The van der Waals surface area contributed by atoms with Gasteiger partial charge < -0.3 is 11.5 Å². The first-order chi connectivity index (χ1) is 12.5. The monoisotopic (exact) mass is 345 g/mol. The number of fused-ring (bicyclic) bond motifs is 1. The Hall–Kier alpha value is -3.41. The van der Waals surface area contributed by atoms with Gasteiger partial charge in [0.25, 0.3) is 5.91 Å². The molecule has 1 amide bonds. The van der Waals surface area contributed by atoms with Crippen molar-refractivity contribution >= 4 is 29.0 Å². The smallest absolute Gasteiger partial charge is 0.278 e. The van der Waals surface area contributed by atoms with E-state index in [0.717, 1.165) is 29.5 Å². The predicted octanol–water partition coefficient (Wildman–Crippen LogP) is 2.17. The van der Waals surface area contributed by atoms with Crippen molar-refractivity contribution in [1.82, 2.24) is 4.90 Å². The second kappa shape index (κ2) is 6.15. The topological polar surface area (TPSA) is 97.1 Å². The summed E-state index contributed by atoms with van der Waals surface area (Å²) in [7, 11) is 1.76. The molecule has 0 radical (unpaired) electrons. The summed E-state index contributed by atoms with van der Waals surface area (Å²) in [6.45, 7) is 0. The van der Waals surface area contributed by atoms with E-state index in [4.69, 9.17) is 11.5 Å². The van der Waals surface area contributed by atoms with Gasteiger partial charge in [-0.15, -0.1) is 0 Å². The maximum absolute atomic E-state index is 12.8. The standard InChI is InChI=1S/C20H19N5O/c1-25-18(13-5-3-2-4-6-13)24-17(19(25)26)15-10-8-12-7-9-14(11-16(12)15)23-20(21)22/h2-7,9,11H,8,10H2,1H3,(H4,21,22,23)/b17-15-. The van der Waals surface area contributed by atoms with Gasteiger partial charge in [-0.1, -0.05) is 36.4 Å². The maximum atomic E-state index is 12.8. The molecule has 1 aliphatic heterocycles. The molecule has 1 aliphatic carbocycles. The van der Waals surface area contributed by atoms with Crippen molar-refractivity contribution in [2.45, 2.75) is 12.8 Å². The Labute approximate surface area is 151 Å². The Morgan fingerprint density at radius 1 is 1.12 bits per heavy atom. The number of carbonyl (C=O) groups is 1. The lowest BCUT2D eigenvalue weighted by atomic mass is 10.0. The Morgan fingerprint density at radius 2 is 1.88 bits per heavy atom. The molecule has 0 saturated heterocycles. The van der Waals surface area contributed by atoms with Crippen LogP contribution in [0.15, 0.2) is 64.2 Å². The highest BCUT2D eigenvalue weighted by Gasteiger charge is 2.32. The van der Waals surface area contributed by atoms with Gasteiger partial charge in [0.05, 0.1) is 5.69 Å². The molecule has 0 bridgehead atoms. The molecule has 6 nitrogen and oxygen atoms in total. The van der Waals surface area contributed by atoms with Gasteiger partial charge in [0.2, 0.25) is 0 Å². The summed E-state index contributed by atoms with van der Waals surface area (Å²) in [5, 5.41) is 0. The zero-order valence-corrected chi connectivity index (χ0v) is 14.4. The number of aliphatic imine (C=N–C) groups is 2. The van der Waals surface area contributed by atoms with E-state index in [1.165, 1.54) is 5.56 Å². The highest BCUT2D eigenvalue weighted by atomic mass is 16.2. The van der Waals surface area contributed by atoms with Crippen molar-refractivity contribution in [1.29, 1.82) is 0 Å². The molecule has 4 N–H and O–H groups in total. The number of benzene rings is 2. The number of rotatable bonds is 2. The number of likely N-dealkylation sites (N-methyl/N-ethyl adjacent to an activating group) is 1. The van der Waals surface area contributed by atoms with Crippen molar-refractivity contribution in [3.8, 4) is 0 Å². The summed E-state index contributed by atoms with van der Waals surface area (Å²) in [5.41, 5.74) is 16.2. The largest absolute Gasteiger partial charge is 0.370 e. The number of amidine groups is 1. The lowest BCUT2D eigenvalue weighted by Crippen LogP contribution is -2.28. The van der Waals surface area contributed by atoms with E-state index in [0.29, 0.717) is 17.2 Å². The molecule has 0 atom stereocenters. The Bertz CT molecular complexity index is 985. The normalized spacial score (nSPS) is 18.7. The van der Waals surface area contributed by atoms with Crippen molar-refractivity contribution in [3.63, 3.8) is 0 Å². The lowest BCUT2D eigenvalue weighted by molar-refractivity contribution is -0.121. The van der Waals surface area contributed by atoms with E-state index < -0.39 is 0 Å². The van der Waals surface area contributed by atoms with Crippen LogP contribution in [0.4, 0.5) is 5.69 Å². The first-order valence-electron chi connectivity index (χ1n) is 8.43. The van der Waals surface area contributed by atoms with Crippen LogP contribution in [0.3, 0.4) is 0 Å². The molecule has 0 spiro atoms. The van der Waals surface area contributed by atoms with Crippen LogP contribution in [0.2, 0.25) is 0 Å². The van der Waals surface area contributed by atoms with E-state index >= 15 is 0 Å². The Kier molecular flexibility index (Phi) is 3.80. The summed E-state index contributed by atoms with van der Waals surface area (Å²) >= 11 is 0. The van der Waals surface area contributed by atoms with E-state index in [-0.39, 0.29) is 11.9 Å². The SMILES string of the molecule is CN1C(=O)/C(=C2\CCc3ccc(N=C(N)N)cc32)N=C1c1ccccc1. The van der Waals surface area contributed by atoms with Crippen LogP contribution >= 0.6 is 0 Å². The molecular weight excluding hydrogens is 326 g/mol. The van der Waals surface area contributed by atoms with Gasteiger partial charge in [0.1, 0.15) is 11.5 Å². The predicted molar refractivity (Wildman–Crippen MR) is 103 cm³/mol. The van der Waals surface area contributed by atoms with Gasteiger partial charge in [0.15, 0.2) is 5.96 Å². The molecule has 0 saturated carbocycles. The second-order valence-electron chi connectivity index (χ2n) is 6.37. The minimum atomic E-state index is -0.0843. The third-order valence-corrected chi connectivity index (χ3v) is 4.68. The molecule has 4 rings (SSSR count). The summed E-state index contributed by atoms with van der Waals surface area (Å²) in [4.78, 5) is 23.2. The number of nitrogens with two attached hydrogens (primary N) is 2. The average molecular weight is 345 g/mol. The molecule has 1 heterocycles. The number of guanidine groups is 1. The number of hydrogen-bond donors (Lipinski definition) is 2. The maximum Gasteiger partial charge on any atom is 0.278 e. The van der Waals surface area contributed by atoms with Gasteiger partial charge in [-0.2, -0.15) is 0 Å². The molecule has 130 valence electrons. The van der Waals surface area contributed by atoms with Crippen LogP contribution in [-0.2, 0) is 11.2 Å². The highest BCUT2D eigenvalue weighted by Crippen LogP contribution is 2.39. The molecule has 0 unspecified atom stereocenters.